The molecule has 1 saturated carbocycles. The summed E-state index contributed by atoms with van der Waals surface area (Å²) in [6, 6.07) is 0.0461. The quantitative estimate of drug-likeness (QED) is 0.842. The largest absolute Gasteiger partial charge is 0.349 e. The first-order valence-electron chi connectivity index (χ1n) is 6.53. The van der Waals surface area contributed by atoms with Gasteiger partial charge in [0, 0.05) is 18.2 Å². The molecule has 1 heterocycles. The standard InChI is InChI=1S/C13H21N3O/c1-10(12-8-14-15-9-12)16-13(17)7-11-5-3-2-4-6-11/h8-11H,2-7H2,1H3,(H,14,15)(H,16,17). The van der Waals surface area contributed by atoms with E-state index in [0.717, 1.165) is 5.56 Å². The number of hydrogen-bond acceptors (Lipinski definition) is 2. The molecule has 0 radical (unpaired) electrons. The fourth-order valence-electron chi connectivity index (χ4n) is 2.53. The molecule has 0 bridgehead atoms. The molecule has 4 heteroatoms. The first-order chi connectivity index (χ1) is 8.25. The fourth-order valence-corrected chi connectivity index (χ4v) is 2.53. The van der Waals surface area contributed by atoms with Crippen LogP contribution in [0.15, 0.2) is 12.4 Å². The average Bonchev–Trinajstić information content (AvgIpc) is 2.83. The van der Waals surface area contributed by atoms with Gasteiger partial charge in [0.15, 0.2) is 0 Å². The number of carbonyl (C=O) groups is 1. The minimum atomic E-state index is 0.0461. The van der Waals surface area contributed by atoms with Gasteiger partial charge in [-0.15, -0.1) is 0 Å². The number of hydrogen-bond donors (Lipinski definition) is 2. The summed E-state index contributed by atoms with van der Waals surface area (Å²) in [6.07, 6.45) is 10.6. The summed E-state index contributed by atoms with van der Waals surface area (Å²) >= 11 is 0. The minimum absolute atomic E-state index is 0.0461. The third-order valence-electron chi connectivity index (χ3n) is 3.60. The Morgan fingerprint density at radius 2 is 2.29 bits per heavy atom. The summed E-state index contributed by atoms with van der Waals surface area (Å²) in [4.78, 5) is 11.9. The lowest BCUT2D eigenvalue weighted by Gasteiger charge is -2.21. The van der Waals surface area contributed by atoms with Gasteiger partial charge in [-0.2, -0.15) is 5.10 Å². The maximum atomic E-state index is 11.9. The van der Waals surface area contributed by atoms with Crippen LogP contribution in [0.1, 0.15) is 57.1 Å². The molecule has 0 aromatic carbocycles. The van der Waals surface area contributed by atoms with Crippen LogP contribution in [0.3, 0.4) is 0 Å². The molecule has 1 amide bonds. The van der Waals surface area contributed by atoms with Gasteiger partial charge in [-0.1, -0.05) is 19.3 Å². The average molecular weight is 235 g/mol. The number of nitrogens with zero attached hydrogens (tertiary/aromatic N) is 1. The number of rotatable bonds is 4. The molecule has 1 atom stereocenters. The fraction of sp³-hybridized carbons (Fsp3) is 0.692. The van der Waals surface area contributed by atoms with Crippen molar-refractivity contribution in [1.82, 2.24) is 15.5 Å². The second-order valence-corrected chi connectivity index (χ2v) is 5.03. The number of aromatic nitrogens is 2. The van der Waals surface area contributed by atoms with E-state index in [0.29, 0.717) is 12.3 Å². The Balaban J connectivity index is 1.76. The molecule has 1 unspecified atom stereocenters. The van der Waals surface area contributed by atoms with Crippen molar-refractivity contribution in [3.63, 3.8) is 0 Å². The molecule has 2 N–H and O–H groups in total. The highest BCUT2D eigenvalue weighted by Gasteiger charge is 2.18. The van der Waals surface area contributed by atoms with Crippen molar-refractivity contribution in [2.45, 2.75) is 51.5 Å². The summed E-state index contributed by atoms with van der Waals surface area (Å²) in [5.74, 6) is 0.769. The molecule has 1 aromatic heterocycles. The Morgan fingerprint density at radius 1 is 1.53 bits per heavy atom. The second kappa shape index (κ2) is 5.84. The lowest BCUT2D eigenvalue weighted by atomic mass is 9.87. The summed E-state index contributed by atoms with van der Waals surface area (Å²) in [5, 5.41) is 9.68. The molecule has 1 aromatic rings. The zero-order valence-corrected chi connectivity index (χ0v) is 10.4. The molecule has 4 nitrogen and oxygen atoms in total. The van der Waals surface area contributed by atoms with E-state index in [1.807, 2.05) is 13.1 Å². The number of carbonyl (C=O) groups excluding carboxylic acids is 1. The summed E-state index contributed by atoms with van der Waals surface area (Å²) < 4.78 is 0. The van der Waals surface area contributed by atoms with Crippen LogP contribution in [0.2, 0.25) is 0 Å². The predicted molar refractivity (Wildman–Crippen MR) is 66.3 cm³/mol. The van der Waals surface area contributed by atoms with E-state index in [2.05, 4.69) is 15.5 Å². The predicted octanol–water partition coefficient (Wildman–Crippen LogP) is 2.56. The van der Waals surface area contributed by atoms with Crippen LogP contribution in [0.25, 0.3) is 0 Å². The molecule has 1 aliphatic rings. The molecule has 2 rings (SSSR count). The van der Waals surface area contributed by atoms with Gasteiger partial charge in [0.25, 0.3) is 0 Å². The zero-order chi connectivity index (χ0) is 12.1. The third kappa shape index (κ3) is 3.58. The molecule has 94 valence electrons. The van der Waals surface area contributed by atoms with Gasteiger partial charge in [0.1, 0.15) is 0 Å². The highest BCUT2D eigenvalue weighted by Crippen LogP contribution is 2.26. The Bertz CT molecular complexity index is 342. The van der Waals surface area contributed by atoms with Crippen molar-refractivity contribution < 1.29 is 4.79 Å². The van der Waals surface area contributed by atoms with Gasteiger partial charge in [-0.05, 0) is 25.7 Å². The van der Waals surface area contributed by atoms with E-state index < -0.39 is 0 Å². The molecule has 0 aliphatic heterocycles. The van der Waals surface area contributed by atoms with Gasteiger partial charge in [0.05, 0.1) is 12.2 Å². The highest BCUT2D eigenvalue weighted by atomic mass is 16.1. The smallest absolute Gasteiger partial charge is 0.220 e. The molecule has 0 saturated heterocycles. The molecule has 0 spiro atoms. The van der Waals surface area contributed by atoms with Gasteiger partial charge in [-0.3, -0.25) is 9.89 Å². The lowest BCUT2D eigenvalue weighted by Crippen LogP contribution is -2.28. The van der Waals surface area contributed by atoms with Gasteiger partial charge in [-0.25, -0.2) is 0 Å². The van der Waals surface area contributed by atoms with Crippen molar-refractivity contribution in [3.8, 4) is 0 Å². The molecular formula is C13H21N3O. The summed E-state index contributed by atoms with van der Waals surface area (Å²) in [7, 11) is 0. The van der Waals surface area contributed by atoms with Gasteiger partial charge >= 0.3 is 0 Å². The third-order valence-corrected chi connectivity index (χ3v) is 3.60. The molecule has 1 fully saturated rings. The summed E-state index contributed by atoms with van der Waals surface area (Å²) in [5.41, 5.74) is 1.03. The van der Waals surface area contributed by atoms with Crippen molar-refractivity contribution in [2.24, 2.45) is 5.92 Å². The Labute approximate surface area is 102 Å². The summed E-state index contributed by atoms with van der Waals surface area (Å²) in [6.45, 7) is 1.99. The van der Waals surface area contributed by atoms with Crippen molar-refractivity contribution in [2.75, 3.05) is 0 Å². The Kier molecular flexibility index (Phi) is 4.18. The second-order valence-electron chi connectivity index (χ2n) is 5.03. The van der Waals surface area contributed by atoms with Crippen LogP contribution < -0.4 is 5.32 Å². The van der Waals surface area contributed by atoms with Crippen molar-refractivity contribution in [3.05, 3.63) is 18.0 Å². The van der Waals surface area contributed by atoms with E-state index in [1.54, 1.807) is 6.20 Å². The van der Waals surface area contributed by atoms with Crippen molar-refractivity contribution >= 4 is 5.91 Å². The lowest BCUT2D eigenvalue weighted by molar-refractivity contribution is -0.122. The molecule has 1 aliphatic carbocycles. The van der Waals surface area contributed by atoms with Crippen LogP contribution >= 0.6 is 0 Å². The normalized spacial score (nSPS) is 18.9. The van der Waals surface area contributed by atoms with E-state index in [4.69, 9.17) is 0 Å². The number of amides is 1. The monoisotopic (exact) mass is 235 g/mol. The van der Waals surface area contributed by atoms with Crippen LogP contribution in [0.5, 0.6) is 0 Å². The van der Waals surface area contributed by atoms with Gasteiger partial charge < -0.3 is 5.32 Å². The van der Waals surface area contributed by atoms with Crippen LogP contribution in [-0.4, -0.2) is 16.1 Å². The Hall–Kier alpha value is -1.32. The van der Waals surface area contributed by atoms with E-state index in [1.165, 1.54) is 32.1 Å². The highest BCUT2D eigenvalue weighted by molar-refractivity contribution is 5.76. The van der Waals surface area contributed by atoms with Crippen LogP contribution in [0, 0.1) is 5.92 Å². The maximum Gasteiger partial charge on any atom is 0.220 e. The first-order valence-corrected chi connectivity index (χ1v) is 6.53. The van der Waals surface area contributed by atoms with Gasteiger partial charge in [0.2, 0.25) is 5.91 Å². The van der Waals surface area contributed by atoms with E-state index >= 15 is 0 Å². The van der Waals surface area contributed by atoms with Crippen molar-refractivity contribution in [1.29, 1.82) is 0 Å². The van der Waals surface area contributed by atoms with E-state index in [-0.39, 0.29) is 11.9 Å². The number of H-pyrrole nitrogens is 1. The number of nitrogens with one attached hydrogen (secondary N) is 2. The van der Waals surface area contributed by atoms with Crippen LogP contribution in [0.4, 0.5) is 0 Å². The Morgan fingerprint density at radius 3 is 2.94 bits per heavy atom. The first kappa shape index (κ1) is 12.1. The zero-order valence-electron chi connectivity index (χ0n) is 10.4. The number of aromatic amines is 1. The maximum absolute atomic E-state index is 11.9. The molecular weight excluding hydrogens is 214 g/mol. The topological polar surface area (TPSA) is 57.8 Å². The van der Waals surface area contributed by atoms with Crippen LogP contribution in [-0.2, 0) is 4.79 Å². The van der Waals surface area contributed by atoms with E-state index in [9.17, 15) is 4.79 Å². The minimum Gasteiger partial charge on any atom is -0.349 e. The SMILES string of the molecule is CC(NC(=O)CC1CCCCC1)c1cn[nH]c1. The molecule has 17 heavy (non-hydrogen) atoms.